The van der Waals surface area contributed by atoms with E-state index in [-0.39, 0.29) is 11.1 Å². The van der Waals surface area contributed by atoms with Gasteiger partial charge in [-0.3, -0.25) is 0 Å². The molecule has 8 heteroatoms. The van der Waals surface area contributed by atoms with Crippen LogP contribution in [-0.4, -0.2) is 27.3 Å². The second-order valence-electron chi connectivity index (χ2n) is 7.08. The molecule has 0 aromatic carbocycles. The van der Waals surface area contributed by atoms with Crippen molar-refractivity contribution >= 4 is 23.5 Å². The Morgan fingerprint density at radius 1 is 0.680 bits per heavy atom. The molecule has 4 rings (SSSR count). The van der Waals surface area contributed by atoms with Crippen LogP contribution < -0.4 is 0 Å². The molecule has 0 bridgehead atoms. The fraction of sp³-hybridized carbons (Fsp3) is 0.529. The molecule has 2 atom stereocenters. The first kappa shape index (κ1) is 17.6. The SMILES string of the molecule is CC1=CC2=C3C(=C4C=C(C)S[C@]4(C)[C@@]2(C)S1)C(F)(F)C(F)(F)C3(F)F. The quantitative estimate of drug-likeness (QED) is 0.439. The second-order valence-corrected chi connectivity index (χ2v) is 10.4. The molecular weight excluding hydrogens is 382 g/mol. The lowest BCUT2D eigenvalue weighted by atomic mass is 9.71. The Morgan fingerprint density at radius 3 is 1.32 bits per heavy atom. The molecule has 0 radical (unpaired) electrons. The minimum absolute atomic E-state index is 0.103. The van der Waals surface area contributed by atoms with Gasteiger partial charge in [-0.1, -0.05) is 0 Å². The molecule has 2 heterocycles. The summed E-state index contributed by atoms with van der Waals surface area (Å²) in [4.78, 5) is 1.29. The van der Waals surface area contributed by atoms with Crippen molar-refractivity contribution in [2.45, 2.75) is 55.0 Å². The van der Waals surface area contributed by atoms with E-state index in [2.05, 4.69) is 0 Å². The van der Waals surface area contributed by atoms with E-state index in [1.165, 1.54) is 35.7 Å². The van der Waals surface area contributed by atoms with Crippen molar-refractivity contribution in [3.8, 4) is 0 Å². The van der Waals surface area contributed by atoms with Gasteiger partial charge in [0.1, 0.15) is 0 Å². The van der Waals surface area contributed by atoms with E-state index in [1.807, 2.05) is 0 Å². The highest BCUT2D eigenvalue weighted by Crippen LogP contribution is 2.73. The maximum Gasteiger partial charge on any atom is 0.380 e. The average Bonchev–Trinajstić information content (AvgIpc) is 2.95. The molecular formula is C17H14F6S2. The Balaban J connectivity index is 2.20. The van der Waals surface area contributed by atoms with Gasteiger partial charge in [-0.25, -0.2) is 0 Å². The number of hydrogen-bond donors (Lipinski definition) is 0. The first-order chi connectivity index (χ1) is 11.2. The van der Waals surface area contributed by atoms with Crippen LogP contribution in [0.4, 0.5) is 26.3 Å². The summed E-state index contributed by atoms with van der Waals surface area (Å²) >= 11 is 2.54. The highest BCUT2D eigenvalue weighted by Gasteiger charge is 2.84. The van der Waals surface area contributed by atoms with Gasteiger partial charge in [0.2, 0.25) is 0 Å². The van der Waals surface area contributed by atoms with E-state index in [4.69, 9.17) is 0 Å². The minimum atomic E-state index is -5.46. The Kier molecular flexibility index (Phi) is 3.09. The maximum atomic E-state index is 14.6. The van der Waals surface area contributed by atoms with Gasteiger partial charge < -0.3 is 0 Å². The van der Waals surface area contributed by atoms with E-state index < -0.39 is 38.4 Å². The normalized spacial score (nSPS) is 39.9. The van der Waals surface area contributed by atoms with Crippen LogP contribution in [0.1, 0.15) is 27.7 Å². The monoisotopic (exact) mass is 396 g/mol. The molecule has 4 aliphatic rings. The zero-order chi connectivity index (χ0) is 18.8. The number of fused-ring (bicyclic) bond motifs is 4. The van der Waals surface area contributed by atoms with Crippen LogP contribution in [0, 0.1) is 0 Å². The van der Waals surface area contributed by atoms with Crippen LogP contribution >= 0.6 is 23.5 Å². The summed E-state index contributed by atoms with van der Waals surface area (Å²) in [6, 6.07) is 0. The van der Waals surface area contributed by atoms with Crippen molar-refractivity contribution < 1.29 is 26.3 Å². The van der Waals surface area contributed by atoms with Crippen LogP contribution in [0.15, 0.2) is 44.3 Å². The van der Waals surface area contributed by atoms with E-state index in [0.717, 1.165) is 0 Å². The third-order valence-corrected chi connectivity index (χ3v) is 8.65. The van der Waals surface area contributed by atoms with Gasteiger partial charge in [0.25, 0.3) is 0 Å². The van der Waals surface area contributed by atoms with Gasteiger partial charge in [0.15, 0.2) is 0 Å². The average molecular weight is 396 g/mol. The summed E-state index contributed by atoms with van der Waals surface area (Å²) in [6.45, 7) is 6.70. The van der Waals surface area contributed by atoms with E-state index >= 15 is 0 Å². The number of allylic oxidation sites excluding steroid dienone is 6. The van der Waals surface area contributed by atoms with Crippen LogP contribution in [0.5, 0.6) is 0 Å². The molecule has 0 N–H and O–H groups in total. The lowest BCUT2D eigenvalue weighted by Gasteiger charge is -2.47. The van der Waals surface area contributed by atoms with Gasteiger partial charge in [-0.15, -0.1) is 23.5 Å². The number of halogens is 6. The molecule has 2 aliphatic carbocycles. The van der Waals surface area contributed by atoms with Crippen LogP contribution in [0.3, 0.4) is 0 Å². The zero-order valence-electron chi connectivity index (χ0n) is 13.7. The second kappa shape index (κ2) is 4.38. The molecule has 0 saturated heterocycles. The molecule has 0 unspecified atom stereocenters. The zero-order valence-corrected chi connectivity index (χ0v) is 15.4. The molecule has 0 amide bonds. The molecule has 0 aromatic rings. The van der Waals surface area contributed by atoms with Gasteiger partial charge in [-0.05, 0) is 60.8 Å². The third-order valence-electron chi connectivity index (χ3n) is 5.57. The number of rotatable bonds is 0. The molecule has 1 fully saturated rings. The highest BCUT2D eigenvalue weighted by molar-refractivity contribution is 8.09. The van der Waals surface area contributed by atoms with Gasteiger partial charge in [-0.2, -0.15) is 26.3 Å². The van der Waals surface area contributed by atoms with Crippen molar-refractivity contribution in [1.29, 1.82) is 0 Å². The largest absolute Gasteiger partial charge is 0.380 e. The number of alkyl halides is 6. The van der Waals surface area contributed by atoms with E-state index in [1.54, 1.807) is 27.7 Å². The lowest BCUT2D eigenvalue weighted by Crippen LogP contribution is -2.48. The molecule has 0 spiro atoms. The molecule has 0 nitrogen and oxygen atoms in total. The van der Waals surface area contributed by atoms with E-state index in [0.29, 0.717) is 9.81 Å². The summed E-state index contributed by atoms with van der Waals surface area (Å²) < 4.78 is 84.5. The Hall–Kier alpha value is -0.760. The van der Waals surface area contributed by atoms with Crippen LogP contribution in [-0.2, 0) is 0 Å². The molecule has 0 aromatic heterocycles. The predicted octanol–water partition coefficient (Wildman–Crippen LogP) is 6.33. The van der Waals surface area contributed by atoms with Crippen molar-refractivity contribution in [2.75, 3.05) is 0 Å². The molecule has 1 saturated carbocycles. The topological polar surface area (TPSA) is 0 Å². The molecule has 2 aliphatic heterocycles. The van der Waals surface area contributed by atoms with Crippen molar-refractivity contribution in [1.82, 2.24) is 0 Å². The highest BCUT2D eigenvalue weighted by atomic mass is 32.2. The Bertz CT molecular complexity index is 779. The number of thioether (sulfide) groups is 2. The summed E-state index contributed by atoms with van der Waals surface area (Å²) in [7, 11) is 0. The summed E-state index contributed by atoms with van der Waals surface area (Å²) in [5.74, 6) is -15.3. The summed E-state index contributed by atoms with van der Waals surface area (Å²) in [5, 5.41) is 0. The van der Waals surface area contributed by atoms with Crippen molar-refractivity contribution in [3.63, 3.8) is 0 Å². The number of hydrogen-bond acceptors (Lipinski definition) is 2. The maximum absolute atomic E-state index is 14.6. The first-order valence-electron chi connectivity index (χ1n) is 7.61. The van der Waals surface area contributed by atoms with Crippen molar-refractivity contribution in [2.24, 2.45) is 0 Å². The predicted molar refractivity (Wildman–Crippen MR) is 88.4 cm³/mol. The fourth-order valence-electron chi connectivity index (χ4n) is 4.26. The Morgan fingerprint density at radius 2 is 1.00 bits per heavy atom. The Labute approximate surface area is 149 Å². The smallest absolute Gasteiger partial charge is 0.194 e. The van der Waals surface area contributed by atoms with Crippen LogP contribution in [0.25, 0.3) is 0 Å². The standard InChI is InChI=1S/C17H14F6S2/c1-7-5-9-11-12(16(20,21)17(22,23)15(11,18)19)10-6-8(2)25-14(10,4)13(9,3)24-7/h5-6H,1-4H3/t13-,14-/m0/s1. The summed E-state index contributed by atoms with van der Waals surface area (Å²) in [5.41, 5.74) is -2.58. The molecule has 136 valence electrons. The first-order valence-corrected chi connectivity index (χ1v) is 9.24. The van der Waals surface area contributed by atoms with Gasteiger partial charge in [0, 0.05) is 11.1 Å². The fourth-order valence-corrected chi connectivity index (χ4v) is 7.30. The van der Waals surface area contributed by atoms with Gasteiger partial charge >= 0.3 is 17.8 Å². The minimum Gasteiger partial charge on any atom is -0.194 e. The summed E-state index contributed by atoms with van der Waals surface area (Å²) in [6.07, 6.45) is 2.73. The van der Waals surface area contributed by atoms with Crippen molar-refractivity contribution in [3.05, 3.63) is 44.3 Å². The van der Waals surface area contributed by atoms with Crippen LogP contribution in [0.2, 0.25) is 0 Å². The molecule has 25 heavy (non-hydrogen) atoms. The lowest BCUT2D eigenvalue weighted by molar-refractivity contribution is -0.258. The van der Waals surface area contributed by atoms with E-state index in [9.17, 15) is 26.3 Å². The third kappa shape index (κ3) is 1.63. The van der Waals surface area contributed by atoms with Gasteiger partial charge in [0.05, 0.1) is 9.49 Å².